The monoisotopic (exact) mass is 355 g/mol. The smallest absolute Gasteiger partial charge is 0.213 e. The van der Waals surface area contributed by atoms with Gasteiger partial charge < -0.3 is 14.5 Å². The van der Waals surface area contributed by atoms with Crippen LogP contribution in [-0.2, 0) is 11.2 Å². The second-order valence-corrected chi connectivity index (χ2v) is 6.93. The Morgan fingerprint density at radius 3 is 2.80 bits per heavy atom. The number of benzene rings is 1. The summed E-state index contributed by atoms with van der Waals surface area (Å²) in [6.07, 6.45) is 4.30. The van der Waals surface area contributed by atoms with E-state index >= 15 is 0 Å². The lowest BCUT2D eigenvalue weighted by molar-refractivity contribution is -0.297. The summed E-state index contributed by atoms with van der Waals surface area (Å²) in [4.78, 5) is 15.9. The van der Waals surface area contributed by atoms with Gasteiger partial charge in [0.05, 0.1) is 5.97 Å². The maximum absolute atomic E-state index is 11.6. The van der Waals surface area contributed by atoms with Crippen LogP contribution in [0.4, 0.5) is 0 Å². The summed E-state index contributed by atoms with van der Waals surface area (Å²) in [6.45, 7) is 6.13. The van der Waals surface area contributed by atoms with Crippen molar-refractivity contribution in [1.29, 1.82) is 0 Å². The standard InChI is InChI=1S/C18H20N4O2S/c1-4-16-19-18(21-20-16)25-15(17(23)24)9-12-10-22(11(2)3)14-8-6-5-7-13(12)14/h5-11H,4H2,1-3H3,(H,23,24)(H,19,20,21)/p-1/b15-9-. The summed E-state index contributed by atoms with van der Waals surface area (Å²) in [7, 11) is 0. The Balaban J connectivity index is 2.03. The topological polar surface area (TPSA) is 86.6 Å². The molecule has 6 nitrogen and oxygen atoms in total. The number of carbonyl (C=O) groups is 1. The maximum Gasteiger partial charge on any atom is 0.213 e. The number of carboxylic acids is 1. The van der Waals surface area contributed by atoms with E-state index in [2.05, 4.69) is 33.6 Å². The van der Waals surface area contributed by atoms with Crippen molar-refractivity contribution in [2.24, 2.45) is 0 Å². The summed E-state index contributed by atoms with van der Waals surface area (Å²) in [6, 6.07) is 8.20. The number of nitrogens with one attached hydrogen (secondary N) is 1. The number of carbonyl (C=O) groups excluding carboxylic acids is 1. The fourth-order valence-electron chi connectivity index (χ4n) is 2.63. The molecule has 25 heavy (non-hydrogen) atoms. The Bertz CT molecular complexity index is 940. The van der Waals surface area contributed by atoms with E-state index in [1.165, 1.54) is 0 Å². The molecule has 2 heterocycles. The first-order valence-electron chi connectivity index (χ1n) is 8.11. The van der Waals surface area contributed by atoms with Crippen molar-refractivity contribution in [1.82, 2.24) is 19.7 Å². The van der Waals surface area contributed by atoms with Crippen LogP contribution in [0.25, 0.3) is 17.0 Å². The third kappa shape index (κ3) is 3.61. The molecule has 130 valence electrons. The van der Waals surface area contributed by atoms with Gasteiger partial charge in [-0.3, -0.25) is 5.10 Å². The third-order valence-electron chi connectivity index (χ3n) is 3.86. The minimum atomic E-state index is -1.24. The number of aromatic nitrogens is 4. The number of nitrogens with zero attached hydrogens (tertiary/aromatic N) is 3. The molecule has 0 bridgehead atoms. The van der Waals surface area contributed by atoms with Crippen LogP contribution in [0.1, 0.15) is 38.2 Å². The molecule has 0 aliphatic rings. The molecule has 3 rings (SSSR count). The van der Waals surface area contributed by atoms with E-state index in [1.54, 1.807) is 6.08 Å². The lowest BCUT2D eigenvalue weighted by Gasteiger charge is -2.08. The Labute approximate surface area is 150 Å². The molecule has 0 fully saturated rings. The van der Waals surface area contributed by atoms with Crippen molar-refractivity contribution < 1.29 is 9.90 Å². The first kappa shape index (κ1) is 17.3. The van der Waals surface area contributed by atoms with Crippen molar-refractivity contribution in [3.8, 4) is 0 Å². The van der Waals surface area contributed by atoms with Gasteiger partial charge in [0.2, 0.25) is 5.16 Å². The summed E-state index contributed by atoms with van der Waals surface area (Å²) in [5, 5.41) is 19.8. The number of carboxylic acid groups (broad SMARTS) is 1. The molecule has 0 saturated heterocycles. The summed E-state index contributed by atoms with van der Waals surface area (Å²) in [5.74, 6) is -0.522. The van der Waals surface area contributed by atoms with E-state index in [4.69, 9.17) is 0 Å². The number of rotatable bonds is 6. The molecule has 0 amide bonds. The lowest BCUT2D eigenvalue weighted by atomic mass is 10.1. The highest BCUT2D eigenvalue weighted by Crippen LogP contribution is 2.30. The Morgan fingerprint density at radius 1 is 1.40 bits per heavy atom. The highest BCUT2D eigenvalue weighted by Gasteiger charge is 2.12. The number of fused-ring (bicyclic) bond motifs is 1. The fraction of sp³-hybridized carbons (Fsp3) is 0.278. The lowest BCUT2D eigenvalue weighted by Crippen LogP contribution is -2.23. The average Bonchev–Trinajstić information content (AvgIpc) is 3.19. The Morgan fingerprint density at radius 2 is 2.16 bits per heavy atom. The van der Waals surface area contributed by atoms with Gasteiger partial charge in [0.25, 0.3) is 0 Å². The van der Waals surface area contributed by atoms with Crippen LogP contribution in [0.3, 0.4) is 0 Å². The highest BCUT2D eigenvalue weighted by atomic mass is 32.2. The quantitative estimate of drug-likeness (QED) is 0.543. The zero-order valence-corrected chi connectivity index (χ0v) is 15.1. The molecule has 2 aromatic heterocycles. The average molecular weight is 355 g/mol. The van der Waals surface area contributed by atoms with Gasteiger partial charge in [0, 0.05) is 40.0 Å². The predicted octanol–water partition coefficient (Wildman–Crippen LogP) is 2.79. The normalized spacial score (nSPS) is 12.2. The van der Waals surface area contributed by atoms with Crippen LogP contribution in [0.15, 0.2) is 40.5 Å². The number of hydrogen-bond donors (Lipinski definition) is 1. The van der Waals surface area contributed by atoms with Gasteiger partial charge >= 0.3 is 0 Å². The van der Waals surface area contributed by atoms with Gasteiger partial charge in [-0.15, -0.1) is 5.10 Å². The van der Waals surface area contributed by atoms with E-state index in [0.717, 1.165) is 34.1 Å². The van der Waals surface area contributed by atoms with Crippen molar-refractivity contribution in [3.05, 3.63) is 46.8 Å². The van der Waals surface area contributed by atoms with Gasteiger partial charge in [0.1, 0.15) is 5.82 Å². The number of aryl methyl sites for hydroxylation is 1. The summed E-state index contributed by atoms with van der Waals surface area (Å²) in [5.41, 5.74) is 1.90. The van der Waals surface area contributed by atoms with E-state index in [1.807, 2.05) is 37.4 Å². The van der Waals surface area contributed by atoms with Gasteiger partial charge in [-0.05, 0) is 37.8 Å². The molecular formula is C18H19N4O2S-. The first-order chi connectivity index (χ1) is 12.0. The Hall–Kier alpha value is -2.54. The molecule has 0 spiro atoms. The maximum atomic E-state index is 11.6. The van der Waals surface area contributed by atoms with E-state index in [9.17, 15) is 9.90 Å². The van der Waals surface area contributed by atoms with Crippen LogP contribution in [-0.4, -0.2) is 25.7 Å². The third-order valence-corrected chi connectivity index (χ3v) is 4.73. The van der Waals surface area contributed by atoms with Crippen LogP contribution in [0.5, 0.6) is 0 Å². The van der Waals surface area contributed by atoms with Crippen LogP contribution < -0.4 is 5.11 Å². The Kier molecular flexibility index (Phi) is 4.94. The zero-order chi connectivity index (χ0) is 18.0. The highest BCUT2D eigenvalue weighted by molar-refractivity contribution is 8.04. The predicted molar refractivity (Wildman–Crippen MR) is 96.9 cm³/mol. The van der Waals surface area contributed by atoms with Gasteiger partial charge in [0.15, 0.2) is 0 Å². The SMILES string of the molecule is CCc1nc(S/C(=C\c2cn(C(C)C)c3ccccc23)C(=O)[O-])n[nH]1. The number of para-hydroxylation sites is 1. The van der Waals surface area contributed by atoms with Crippen molar-refractivity contribution in [2.75, 3.05) is 0 Å². The molecule has 1 N–H and O–H groups in total. The first-order valence-corrected chi connectivity index (χ1v) is 8.93. The molecule has 0 atom stereocenters. The van der Waals surface area contributed by atoms with E-state index in [0.29, 0.717) is 11.6 Å². The largest absolute Gasteiger partial charge is 0.544 e. The minimum absolute atomic E-state index is 0.0771. The van der Waals surface area contributed by atoms with E-state index in [-0.39, 0.29) is 10.9 Å². The molecule has 0 radical (unpaired) electrons. The molecule has 3 aromatic rings. The number of H-pyrrole nitrogens is 1. The summed E-state index contributed by atoms with van der Waals surface area (Å²) >= 11 is 0.990. The molecule has 0 saturated carbocycles. The van der Waals surface area contributed by atoms with Crippen LogP contribution in [0.2, 0.25) is 0 Å². The second-order valence-electron chi connectivity index (χ2n) is 5.92. The number of hydrogen-bond acceptors (Lipinski definition) is 5. The van der Waals surface area contributed by atoms with Crippen molar-refractivity contribution >= 4 is 34.7 Å². The van der Waals surface area contributed by atoms with Gasteiger partial charge in [-0.1, -0.05) is 25.1 Å². The number of aliphatic carboxylic acids is 1. The van der Waals surface area contributed by atoms with Crippen molar-refractivity contribution in [3.63, 3.8) is 0 Å². The molecular weight excluding hydrogens is 336 g/mol. The van der Waals surface area contributed by atoms with Gasteiger partial charge in [-0.25, -0.2) is 4.98 Å². The second kappa shape index (κ2) is 7.14. The molecule has 7 heteroatoms. The molecule has 0 unspecified atom stereocenters. The molecule has 0 aliphatic carbocycles. The summed E-state index contributed by atoms with van der Waals surface area (Å²) < 4.78 is 2.13. The fourth-order valence-corrected chi connectivity index (χ4v) is 3.34. The van der Waals surface area contributed by atoms with Crippen LogP contribution in [0, 0.1) is 0 Å². The molecule has 1 aromatic carbocycles. The number of aromatic amines is 1. The van der Waals surface area contributed by atoms with Crippen LogP contribution >= 0.6 is 11.8 Å². The molecule has 0 aliphatic heterocycles. The number of thioether (sulfide) groups is 1. The van der Waals surface area contributed by atoms with Crippen molar-refractivity contribution in [2.45, 2.75) is 38.4 Å². The zero-order valence-electron chi connectivity index (χ0n) is 14.3. The minimum Gasteiger partial charge on any atom is -0.544 e. The van der Waals surface area contributed by atoms with Gasteiger partial charge in [-0.2, -0.15) is 0 Å². The van der Waals surface area contributed by atoms with E-state index < -0.39 is 5.97 Å².